The van der Waals surface area contributed by atoms with Crippen LogP contribution in [0.25, 0.3) is 11.3 Å². The molecule has 31 heavy (non-hydrogen) atoms. The van der Waals surface area contributed by atoms with Gasteiger partial charge in [0.15, 0.2) is 11.7 Å². The molecular formula is C23H21ClN4O3. The summed E-state index contributed by atoms with van der Waals surface area (Å²) in [6.45, 7) is 1.13. The Bertz CT molecular complexity index is 1140. The molecule has 0 fully saturated rings. The highest BCUT2D eigenvalue weighted by Crippen LogP contribution is 2.28. The molecule has 0 saturated heterocycles. The van der Waals surface area contributed by atoms with Crippen LogP contribution < -0.4 is 10.1 Å². The number of amides is 1. The highest BCUT2D eigenvalue weighted by Gasteiger charge is 2.11. The molecule has 0 radical (unpaired) electrons. The molecule has 8 heteroatoms. The van der Waals surface area contributed by atoms with Crippen molar-refractivity contribution in [3.05, 3.63) is 84.1 Å². The number of carbonyl (C=O) groups is 1. The first-order valence-corrected chi connectivity index (χ1v) is 10.2. The standard InChI is InChI=1S/C23H21ClN4O3/c24-20-8-2-1-7-19(20)21-16-25-23(31-21)10-9-22(29)27-17-5-3-6-18(15-17)30-14-13-28-12-4-11-26-28/h1-8,11-12,15-16H,9-10,13-14H2,(H,27,29). The molecule has 1 N–H and O–H groups in total. The number of halogens is 1. The fraction of sp³-hybridized carbons (Fsp3) is 0.174. The number of aryl methyl sites for hydroxylation is 1. The summed E-state index contributed by atoms with van der Waals surface area (Å²) in [4.78, 5) is 16.6. The molecule has 2 heterocycles. The van der Waals surface area contributed by atoms with Crippen LogP contribution in [0.2, 0.25) is 5.02 Å². The van der Waals surface area contributed by atoms with E-state index in [2.05, 4.69) is 15.4 Å². The van der Waals surface area contributed by atoms with Crippen molar-refractivity contribution in [2.24, 2.45) is 0 Å². The highest BCUT2D eigenvalue weighted by molar-refractivity contribution is 6.33. The van der Waals surface area contributed by atoms with Crippen LogP contribution in [0.3, 0.4) is 0 Å². The lowest BCUT2D eigenvalue weighted by Crippen LogP contribution is -2.13. The molecule has 1 amide bonds. The molecular weight excluding hydrogens is 416 g/mol. The quantitative estimate of drug-likeness (QED) is 0.406. The number of hydrogen-bond donors (Lipinski definition) is 1. The Balaban J connectivity index is 1.27. The summed E-state index contributed by atoms with van der Waals surface area (Å²) in [6.07, 6.45) is 5.86. The van der Waals surface area contributed by atoms with Gasteiger partial charge in [-0.25, -0.2) is 4.98 Å². The molecule has 0 bridgehead atoms. The lowest BCUT2D eigenvalue weighted by atomic mass is 10.2. The number of nitrogens with one attached hydrogen (secondary N) is 1. The molecule has 158 valence electrons. The third-order valence-electron chi connectivity index (χ3n) is 4.52. The maximum absolute atomic E-state index is 12.3. The van der Waals surface area contributed by atoms with Gasteiger partial charge in [-0.05, 0) is 30.3 Å². The predicted molar refractivity (Wildman–Crippen MR) is 118 cm³/mol. The van der Waals surface area contributed by atoms with Crippen LogP contribution >= 0.6 is 11.6 Å². The summed E-state index contributed by atoms with van der Waals surface area (Å²) < 4.78 is 13.3. The van der Waals surface area contributed by atoms with E-state index in [9.17, 15) is 4.79 Å². The summed E-state index contributed by atoms with van der Waals surface area (Å²) in [5.41, 5.74) is 1.45. The molecule has 0 saturated carbocycles. The van der Waals surface area contributed by atoms with Crippen LogP contribution in [0.5, 0.6) is 5.75 Å². The zero-order valence-electron chi connectivity index (χ0n) is 16.7. The molecule has 7 nitrogen and oxygen atoms in total. The van der Waals surface area contributed by atoms with Gasteiger partial charge < -0.3 is 14.5 Å². The normalized spacial score (nSPS) is 10.7. The van der Waals surface area contributed by atoms with Crippen LogP contribution in [0.1, 0.15) is 12.3 Å². The van der Waals surface area contributed by atoms with Gasteiger partial charge in [0, 0.05) is 42.6 Å². The highest BCUT2D eigenvalue weighted by atomic mass is 35.5. The van der Waals surface area contributed by atoms with Gasteiger partial charge in [0.05, 0.1) is 17.8 Å². The first kappa shape index (κ1) is 20.7. The van der Waals surface area contributed by atoms with Gasteiger partial charge in [-0.3, -0.25) is 9.48 Å². The average Bonchev–Trinajstić information content (AvgIpc) is 3.45. The number of rotatable bonds is 9. The van der Waals surface area contributed by atoms with Crippen molar-refractivity contribution in [3.63, 3.8) is 0 Å². The van der Waals surface area contributed by atoms with Crippen LogP contribution in [-0.4, -0.2) is 27.3 Å². The second kappa shape index (κ2) is 9.95. The Morgan fingerprint density at radius 3 is 2.90 bits per heavy atom. The third-order valence-corrected chi connectivity index (χ3v) is 4.85. The Morgan fingerprint density at radius 1 is 1.16 bits per heavy atom. The van der Waals surface area contributed by atoms with Crippen LogP contribution in [-0.2, 0) is 17.8 Å². The van der Waals surface area contributed by atoms with Gasteiger partial charge in [-0.15, -0.1) is 0 Å². The van der Waals surface area contributed by atoms with Crippen molar-refractivity contribution >= 4 is 23.2 Å². The zero-order chi connectivity index (χ0) is 21.5. The summed E-state index contributed by atoms with van der Waals surface area (Å²) in [6, 6.07) is 16.6. The molecule has 0 aliphatic heterocycles. The smallest absolute Gasteiger partial charge is 0.224 e. The molecule has 0 spiro atoms. The van der Waals surface area contributed by atoms with E-state index >= 15 is 0 Å². The second-order valence-corrected chi connectivity index (χ2v) is 7.20. The monoisotopic (exact) mass is 436 g/mol. The molecule has 4 rings (SSSR count). The number of anilines is 1. The van der Waals surface area contributed by atoms with Crippen molar-refractivity contribution in [1.82, 2.24) is 14.8 Å². The van der Waals surface area contributed by atoms with Gasteiger partial charge in [-0.1, -0.05) is 29.8 Å². The first-order chi connectivity index (χ1) is 15.2. The minimum Gasteiger partial charge on any atom is -0.492 e. The topological polar surface area (TPSA) is 82.2 Å². The van der Waals surface area contributed by atoms with Gasteiger partial charge in [0.1, 0.15) is 12.4 Å². The first-order valence-electron chi connectivity index (χ1n) is 9.87. The van der Waals surface area contributed by atoms with E-state index < -0.39 is 0 Å². The number of hydrogen-bond acceptors (Lipinski definition) is 5. The lowest BCUT2D eigenvalue weighted by molar-refractivity contribution is -0.116. The minimum absolute atomic E-state index is 0.133. The van der Waals surface area contributed by atoms with Gasteiger partial charge >= 0.3 is 0 Å². The van der Waals surface area contributed by atoms with Crippen LogP contribution in [0.4, 0.5) is 5.69 Å². The van der Waals surface area contributed by atoms with Crippen molar-refractivity contribution in [3.8, 4) is 17.1 Å². The zero-order valence-corrected chi connectivity index (χ0v) is 17.5. The summed E-state index contributed by atoms with van der Waals surface area (Å²) in [7, 11) is 0. The third kappa shape index (κ3) is 5.73. The van der Waals surface area contributed by atoms with E-state index in [-0.39, 0.29) is 12.3 Å². The van der Waals surface area contributed by atoms with E-state index in [1.54, 1.807) is 29.2 Å². The van der Waals surface area contributed by atoms with Crippen LogP contribution in [0, 0.1) is 0 Å². The number of nitrogens with zero attached hydrogens (tertiary/aromatic N) is 3. The maximum Gasteiger partial charge on any atom is 0.224 e. The number of benzene rings is 2. The maximum atomic E-state index is 12.3. The van der Waals surface area contributed by atoms with Gasteiger partial charge in [-0.2, -0.15) is 5.10 Å². The fourth-order valence-corrected chi connectivity index (χ4v) is 3.24. The van der Waals surface area contributed by atoms with Gasteiger partial charge in [0.25, 0.3) is 0 Å². The summed E-state index contributed by atoms with van der Waals surface area (Å²) in [5, 5.41) is 7.60. The fourth-order valence-electron chi connectivity index (χ4n) is 3.01. The van der Waals surface area contributed by atoms with Crippen molar-refractivity contribution in [2.45, 2.75) is 19.4 Å². The summed E-state index contributed by atoms with van der Waals surface area (Å²) in [5.74, 6) is 1.62. The predicted octanol–water partition coefficient (Wildman–Crippen LogP) is 4.84. The van der Waals surface area contributed by atoms with Crippen molar-refractivity contribution < 1.29 is 13.9 Å². The lowest BCUT2D eigenvalue weighted by Gasteiger charge is -2.09. The Hall–Kier alpha value is -3.58. The molecule has 0 atom stereocenters. The van der Waals surface area contributed by atoms with E-state index in [0.29, 0.717) is 47.7 Å². The van der Waals surface area contributed by atoms with Crippen molar-refractivity contribution in [2.75, 3.05) is 11.9 Å². The molecule has 0 aliphatic rings. The molecule has 0 aliphatic carbocycles. The van der Waals surface area contributed by atoms with E-state index in [1.165, 1.54) is 0 Å². The SMILES string of the molecule is O=C(CCc1ncc(-c2ccccc2Cl)o1)Nc1cccc(OCCn2cccn2)c1. The number of carbonyl (C=O) groups excluding carboxylic acids is 1. The van der Waals surface area contributed by atoms with E-state index in [1.807, 2.05) is 48.7 Å². The second-order valence-electron chi connectivity index (χ2n) is 6.79. The molecule has 2 aromatic carbocycles. The molecule has 2 aromatic heterocycles. The Kier molecular flexibility index (Phi) is 6.64. The molecule has 4 aromatic rings. The molecule has 0 unspecified atom stereocenters. The largest absolute Gasteiger partial charge is 0.492 e. The van der Waals surface area contributed by atoms with Crippen LogP contribution in [0.15, 0.2) is 77.6 Å². The van der Waals surface area contributed by atoms with E-state index in [0.717, 1.165) is 5.56 Å². The minimum atomic E-state index is -0.133. The summed E-state index contributed by atoms with van der Waals surface area (Å²) >= 11 is 6.19. The Morgan fingerprint density at radius 2 is 2.06 bits per heavy atom. The number of aromatic nitrogens is 3. The average molecular weight is 437 g/mol. The number of ether oxygens (including phenoxy) is 1. The van der Waals surface area contributed by atoms with Gasteiger partial charge in [0.2, 0.25) is 5.91 Å². The van der Waals surface area contributed by atoms with E-state index in [4.69, 9.17) is 20.8 Å². The Labute approximate surface area is 184 Å². The number of oxazole rings is 1. The van der Waals surface area contributed by atoms with Crippen molar-refractivity contribution in [1.29, 1.82) is 0 Å².